The zero-order chi connectivity index (χ0) is 9.38. The molecule has 3 heterocycles. The van der Waals surface area contributed by atoms with Gasteiger partial charge in [0, 0.05) is 11.6 Å². The Balaban J connectivity index is 2.05. The molecule has 72 valence electrons. The second-order valence-electron chi connectivity index (χ2n) is 3.70. The van der Waals surface area contributed by atoms with Crippen LogP contribution >= 0.6 is 0 Å². The molecule has 3 nitrogen and oxygen atoms in total. The number of furan rings is 1. The monoisotopic (exact) mass is 188 g/mol. The Hall–Kier alpha value is -1.35. The molecule has 0 amide bonds. The third-order valence-corrected chi connectivity index (χ3v) is 2.72. The van der Waals surface area contributed by atoms with Crippen molar-refractivity contribution in [1.82, 2.24) is 10.3 Å². The highest BCUT2D eigenvalue weighted by molar-refractivity contribution is 5.73. The smallest absolute Gasteiger partial charge is 0.226 e. The molecule has 1 saturated heterocycles. The van der Waals surface area contributed by atoms with Gasteiger partial charge in [0.2, 0.25) is 5.71 Å². The fourth-order valence-corrected chi connectivity index (χ4v) is 1.99. The van der Waals surface area contributed by atoms with Crippen LogP contribution in [-0.4, -0.2) is 11.5 Å². The maximum atomic E-state index is 5.68. The van der Waals surface area contributed by atoms with Crippen LogP contribution in [0.1, 0.15) is 24.6 Å². The third kappa shape index (κ3) is 1.21. The Labute approximate surface area is 82.1 Å². The summed E-state index contributed by atoms with van der Waals surface area (Å²) in [5.74, 6) is 1.02. The highest BCUT2D eigenvalue weighted by Crippen LogP contribution is 2.27. The van der Waals surface area contributed by atoms with Crippen molar-refractivity contribution in [3.8, 4) is 0 Å². The van der Waals surface area contributed by atoms with E-state index in [1.54, 1.807) is 6.20 Å². The molecule has 2 aromatic heterocycles. The van der Waals surface area contributed by atoms with Crippen LogP contribution in [-0.2, 0) is 0 Å². The van der Waals surface area contributed by atoms with Crippen LogP contribution < -0.4 is 5.32 Å². The fourth-order valence-electron chi connectivity index (χ4n) is 1.99. The second-order valence-corrected chi connectivity index (χ2v) is 3.70. The molecule has 3 heteroatoms. The lowest BCUT2D eigenvalue weighted by atomic mass is 10.2. The number of hydrogen-bond acceptors (Lipinski definition) is 3. The SMILES string of the molecule is c1cnc2oc(C3CCCN3)cc2c1. The van der Waals surface area contributed by atoms with Gasteiger partial charge >= 0.3 is 0 Å². The van der Waals surface area contributed by atoms with E-state index in [2.05, 4.69) is 16.4 Å². The summed E-state index contributed by atoms with van der Waals surface area (Å²) in [5.41, 5.74) is 0.746. The van der Waals surface area contributed by atoms with Gasteiger partial charge in [0.25, 0.3) is 0 Å². The normalized spacial score (nSPS) is 21.9. The van der Waals surface area contributed by atoms with Gasteiger partial charge in [-0.2, -0.15) is 0 Å². The van der Waals surface area contributed by atoms with Gasteiger partial charge in [0.05, 0.1) is 6.04 Å². The van der Waals surface area contributed by atoms with E-state index in [-0.39, 0.29) is 0 Å². The predicted molar refractivity (Wildman–Crippen MR) is 54.0 cm³/mol. The summed E-state index contributed by atoms with van der Waals surface area (Å²) in [6.45, 7) is 1.09. The standard InChI is InChI=1S/C11H12N2O/c1-3-8-7-10(9-4-2-5-12-9)14-11(8)13-6-1/h1,3,6-7,9,12H,2,4-5H2. The first-order chi connectivity index (χ1) is 6.93. The number of nitrogens with zero attached hydrogens (tertiary/aromatic N) is 1. The Morgan fingerprint density at radius 1 is 1.50 bits per heavy atom. The molecular weight excluding hydrogens is 176 g/mol. The van der Waals surface area contributed by atoms with Crippen LogP contribution in [0.4, 0.5) is 0 Å². The first-order valence-electron chi connectivity index (χ1n) is 5.01. The van der Waals surface area contributed by atoms with Crippen LogP contribution in [0.15, 0.2) is 28.8 Å². The largest absolute Gasteiger partial charge is 0.441 e. The van der Waals surface area contributed by atoms with Crippen LogP contribution in [0, 0.1) is 0 Å². The van der Waals surface area contributed by atoms with Crippen LogP contribution in [0.3, 0.4) is 0 Å². The van der Waals surface area contributed by atoms with Crippen molar-refractivity contribution < 1.29 is 4.42 Å². The number of rotatable bonds is 1. The Morgan fingerprint density at radius 2 is 2.50 bits per heavy atom. The van der Waals surface area contributed by atoms with Gasteiger partial charge in [-0.25, -0.2) is 4.98 Å². The molecule has 0 bridgehead atoms. The van der Waals surface area contributed by atoms with Crippen LogP contribution in [0.2, 0.25) is 0 Å². The molecule has 0 saturated carbocycles. The fraction of sp³-hybridized carbons (Fsp3) is 0.364. The molecule has 14 heavy (non-hydrogen) atoms. The van der Waals surface area contributed by atoms with Gasteiger partial charge in [0.15, 0.2) is 0 Å². The third-order valence-electron chi connectivity index (χ3n) is 2.72. The van der Waals surface area contributed by atoms with Gasteiger partial charge in [-0.05, 0) is 37.6 Å². The molecule has 2 aromatic rings. The molecule has 1 aliphatic heterocycles. The van der Waals surface area contributed by atoms with E-state index in [0.29, 0.717) is 6.04 Å². The zero-order valence-electron chi connectivity index (χ0n) is 7.86. The summed E-state index contributed by atoms with van der Waals surface area (Å²) in [4.78, 5) is 4.18. The summed E-state index contributed by atoms with van der Waals surface area (Å²) in [5, 5.41) is 4.51. The molecule has 1 fully saturated rings. The molecule has 1 unspecified atom stereocenters. The summed E-state index contributed by atoms with van der Waals surface area (Å²) in [6.07, 6.45) is 4.16. The Kier molecular flexibility index (Phi) is 1.77. The average Bonchev–Trinajstić information content (AvgIpc) is 2.86. The van der Waals surface area contributed by atoms with Crippen LogP contribution in [0.25, 0.3) is 11.1 Å². The molecule has 3 rings (SSSR count). The molecule has 0 spiro atoms. The second kappa shape index (κ2) is 3.10. The number of aromatic nitrogens is 1. The topological polar surface area (TPSA) is 38.1 Å². The molecular formula is C11H12N2O. The van der Waals surface area contributed by atoms with Gasteiger partial charge in [-0.1, -0.05) is 0 Å². The quantitative estimate of drug-likeness (QED) is 0.745. The molecule has 1 N–H and O–H groups in total. The van der Waals surface area contributed by atoms with Crippen molar-refractivity contribution in [2.45, 2.75) is 18.9 Å². The number of hydrogen-bond donors (Lipinski definition) is 1. The lowest BCUT2D eigenvalue weighted by Crippen LogP contribution is -2.11. The van der Waals surface area contributed by atoms with Crippen molar-refractivity contribution in [2.24, 2.45) is 0 Å². The summed E-state index contributed by atoms with van der Waals surface area (Å²) in [7, 11) is 0. The first kappa shape index (κ1) is 8.00. The van der Waals surface area contributed by atoms with E-state index in [4.69, 9.17) is 4.42 Å². The summed E-state index contributed by atoms with van der Waals surface area (Å²) in [6, 6.07) is 6.45. The number of nitrogens with one attached hydrogen (secondary N) is 1. The van der Waals surface area contributed by atoms with E-state index in [9.17, 15) is 0 Å². The lowest BCUT2D eigenvalue weighted by Gasteiger charge is -2.03. The van der Waals surface area contributed by atoms with Crippen molar-refractivity contribution in [3.63, 3.8) is 0 Å². The zero-order valence-corrected chi connectivity index (χ0v) is 7.86. The minimum absolute atomic E-state index is 0.393. The molecule has 0 aromatic carbocycles. The van der Waals surface area contributed by atoms with Crippen molar-refractivity contribution in [3.05, 3.63) is 30.2 Å². The first-order valence-corrected chi connectivity index (χ1v) is 5.01. The van der Waals surface area contributed by atoms with E-state index in [1.165, 1.54) is 12.8 Å². The van der Waals surface area contributed by atoms with Crippen molar-refractivity contribution in [2.75, 3.05) is 6.54 Å². The molecule has 1 atom stereocenters. The Bertz CT molecular complexity index is 410. The predicted octanol–water partition coefficient (Wildman–Crippen LogP) is 2.25. The minimum atomic E-state index is 0.393. The van der Waals surface area contributed by atoms with E-state index < -0.39 is 0 Å². The number of pyridine rings is 1. The highest BCUT2D eigenvalue weighted by Gasteiger charge is 2.19. The highest BCUT2D eigenvalue weighted by atomic mass is 16.3. The molecule has 0 aliphatic carbocycles. The van der Waals surface area contributed by atoms with Gasteiger partial charge in [-0.15, -0.1) is 0 Å². The maximum absolute atomic E-state index is 5.68. The van der Waals surface area contributed by atoms with Gasteiger partial charge in [0.1, 0.15) is 5.76 Å². The van der Waals surface area contributed by atoms with Gasteiger partial charge in [-0.3, -0.25) is 0 Å². The van der Waals surface area contributed by atoms with E-state index in [1.807, 2.05) is 12.1 Å². The minimum Gasteiger partial charge on any atom is -0.441 e. The maximum Gasteiger partial charge on any atom is 0.226 e. The van der Waals surface area contributed by atoms with Gasteiger partial charge < -0.3 is 9.73 Å². The van der Waals surface area contributed by atoms with Crippen LogP contribution in [0.5, 0.6) is 0 Å². The summed E-state index contributed by atoms with van der Waals surface area (Å²) < 4.78 is 5.68. The Morgan fingerprint density at radius 3 is 3.29 bits per heavy atom. The molecule has 1 aliphatic rings. The summed E-state index contributed by atoms with van der Waals surface area (Å²) >= 11 is 0. The van der Waals surface area contributed by atoms with E-state index in [0.717, 1.165) is 23.4 Å². The van der Waals surface area contributed by atoms with Crippen molar-refractivity contribution >= 4 is 11.1 Å². The average molecular weight is 188 g/mol. The molecule has 0 radical (unpaired) electrons. The number of fused-ring (bicyclic) bond motifs is 1. The lowest BCUT2D eigenvalue weighted by molar-refractivity contribution is 0.465. The van der Waals surface area contributed by atoms with Crippen molar-refractivity contribution in [1.29, 1.82) is 0 Å². The van der Waals surface area contributed by atoms with E-state index >= 15 is 0 Å².